The van der Waals surface area contributed by atoms with E-state index >= 15 is 0 Å². The predicted octanol–water partition coefficient (Wildman–Crippen LogP) is 4.08. The largest absolute Gasteiger partial charge is 0.313 e. The molecule has 0 saturated carbocycles. The minimum atomic E-state index is 0.492. The minimum Gasteiger partial charge on any atom is -0.313 e. The number of nitrogens with one attached hydrogen (secondary N) is 1. The van der Waals surface area contributed by atoms with E-state index in [4.69, 9.17) is 0 Å². The number of allylic oxidation sites excluding steroid dienone is 1. The summed E-state index contributed by atoms with van der Waals surface area (Å²) in [5.74, 6) is 0. The fourth-order valence-corrected chi connectivity index (χ4v) is 1.94. The lowest BCUT2D eigenvalue weighted by Crippen LogP contribution is -2.16. The highest BCUT2D eigenvalue weighted by Gasteiger charge is 2.07. The van der Waals surface area contributed by atoms with Crippen LogP contribution in [0.1, 0.15) is 44.2 Å². The van der Waals surface area contributed by atoms with Gasteiger partial charge in [0.15, 0.2) is 0 Å². The van der Waals surface area contributed by atoms with E-state index < -0.39 is 0 Å². The van der Waals surface area contributed by atoms with Crippen molar-refractivity contribution >= 4 is 0 Å². The summed E-state index contributed by atoms with van der Waals surface area (Å²) >= 11 is 0. The van der Waals surface area contributed by atoms with E-state index in [2.05, 4.69) is 49.2 Å². The number of hydrogen-bond acceptors (Lipinski definition) is 1. The van der Waals surface area contributed by atoms with Gasteiger partial charge in [-0.2, -0.15) is 0 Å². The quantitative estimate of drug-likeness (QED) is 0.536. The first kappa shape index (κ1) is 13.0. The highest BCUT2D eigenvalue weighted by Crippen LogP contribution is 2.19. The molecule has 1 atom stereocenters. The maximum absolute atomic E-state index is 3.93. The van der Waals surface area contributed by atoms with E-state index in [0.29, 0.717) is 6.04 Å². The molecule has 0 aliphatic carbocycles. The van der Waals surface area contributed by atoms with Crippen molar-refractivity contribution in [2.24, 2.45) is 0 Å². The van der Waals surface area contributed by atoms with Crippen LogP contribution in [0.2, 0.25) is 0 Å². The Morgan fingerprint density at radius 1 is 1.25 bits per heavy atom. The van der Waals surface area contributed by atoms with Crippen LogP contribution in [0.5, 0.6) is 0 Å². The maximum atomic E-state index is 3.93. The lowest BCUT2D eigenvalue weighted by Gasteiger charge is -2.16. The van der Waals surface area contributed by atoms with E-state index in [0.717, 1.165) is 6.42 Å². The Kier molecular flexibility index (Phi) is 5.87. The maximum Gasteiger partial charge on any atom is 0.0317 e. The SMILES string of the molecule is C=C(C)CCCCC(NC)c1ccccc1. The fraction of sp³-hybridized carbons (Fsp3) is 0.467. The molecule has 0 spiro atoms. The molecule has 0 saturated heterocycles. The summed E-state index contributed by atoms with van der Waals surface area (Å²) in [7, 11) is 2.04. The standard InChI is InChI=1S/C15H23N/c1-13(2)9-7-8-12-15(16-3)14-10-5-4-6-11-14/h4-6,10-11,15-16H,1,7-9,12H2,2-3H3. The Labute approximate surface area is 99.6 Å². The molecule has 0 aliphatic rings. The molecule has 0 aromatic heterocycles. The van der Waals surface area contributed by atoms with Crippen molar-refractivity contribution in [2.45, 2.75) is 38.6 Å². The number of unbranched alkanes of at least 4 members (excludes halogenated alkanes) is 1. The monoisotopic (exact) mass is 217 g/mol. The number of hydrogen-bond donors (Lipinski definition) is 1. The van der Waals surface area contributed by atoms with E-state index in [1.54, 1.807) is 0 Å². The molecule has 1 heteroatoms. The first-order valence-corrected chi connectivity index (χ1v) is 6.10. The lowest BCUT2D eigenvalue weighted by molar-refractivity contribution is 0.514. The van der Waals surface area contributed by atoms with Gasteiger partial charge in [-0.05, 0) is 38.8 Å². The first-order chi connectivity index (χ1) is 7.74. The summed E-state index contributed by atoms with van der Waals surface area (Å²) in [5, 5.41) is 3.38. The summed E-state index contributed by atoms with van der Waals surface area (Å²) in [6.07, 6.45) is 4.87. The van der Waals surface area contributed by atoms with E-state index in [1.807, 2.05) is 7.05 Å². The second-order valence-corrected chi connectivity index (χ2v) is 4.45. The van der Waals surface area contributed by atoms with Gasteiger partial charge < -0.3 is 5.32 Å². The molecule has 1 aromatic rings. The summed E-state index contributed by atoms with van der Waals surface area (Å²) in [6.45, 7) is 6.04. The molecule has 1 unspecified atom stereocenters. The van der Waals surface area contributed by atoms with Crippen molar-refractivity contribution in [1.82, 2.24) is 5.32 Å². The van der Waals surface area contributed by atoms with Crippen molar-refractivity contribution < 1.29 is 0 Å². The molecule has 0 radical (unpaired) electrons. The van der Waals surface area contributed by atoms with Crippen LogP contribution in [0.3, 0.4) is 0 Å². The molecule has 1 nitrogen and oxygen atoms in total. The Morgan fingerprint density at radius 2 is 1.94 bits per heavy atom. The Bertz CT molecular complexity index is 302. The number of rotatable bonds is 7. The lowest BCUT2D eigenvalue weighted by atomic mass is 10.00. The Balaban J connectivity index is 2.35. The van der Waals surface area contributed by atoms with Gasteiger partial charge in [0.1, 0.15) is 0 Å². The van der Waals surface area contributed by atoms with E-state index in [1.165, 1.54) is 30.4 Å². The highest BCUT2D eigenvalue weighted by atomic mass is 14.9. The zero-order chi connectivity index (χ0) is 11.8. The van der Waals surface area contributed by atoms with Crippen molar-refractivity contribution in [3.63, 3.8) is 0 Å². The zero-order valence-electron chi connectivity index (χ0n) is 10.5. The third kappa shape index (κ3) is 4.63. The van der Waals surface area contributed by atoms with Gasteiger partial charge in [0.2, 0.25) is 0 Å². The second kappa shape index (κ2) is 7.24. The van der Waals surface area contributed by atoms with Gasteiger partial charge in [0, 0.05) is 6.04 Å². The van der Waals surface area contributed by atoms with Crippen LogP contribution in [-0.2, 0) is 0 Å². The summed E-state index contributed by atoms with van der Waals surface area (Å²) in [4.78, 5) is 0. The predicted molar refractivity (Wildman–Crippen MR) is 71.5 cm³/mol. The van der Waals surface area contributed by atoms with Crippen LogP contribution >= 0.6 is 0 Å². The average molecular weight is 217 g/mol. The van der Waals surface area contributed by atoms with Crippen LogP contribution in [0.25, 0.3) is 0 Å². The molecule has 1 N–H and O–H groups in total. The summed E-state index contributed by atoms with van der Waals surface area (Å²) in [6, 6.07) is 11.2. The van der Waals surface area contributed by atoms with Crippen molar-refractivity contribution in [3.8, 4) is 0 Å². The third-order valence-corrected chi connectivity index (χ3v) is 2.90. The molecule has 0 fully saturated rings. The fourth-order valence-electron chi connectivity index (χ4n) is 1.94. The van der Waals surface area contributed by atoms with Crippen LogP contribution < -0.4 is 5.32 Å². The Morgan fingerprint density at radius 3 is 2.50 bits per heavy atom. The molecule has 0 heterocycles. The van der Waals surface area contributed by atoms with Crippen molar-refractivity contribution in [3.05, 3.63) is 48.0 Å². The average Bonchev–Trinajstić information content (AvgIpc) is 2.30. The third-order valence-electron chi connectivity index (χ3n) is 2.90. The normalized spacial score (nSPS) is 12.4. The van der Waals surface area contributed by atoms with E-state index in [-0.39, 0.29) is 0 Å². The second-order valence-electron chi connectivity index (χ2n) is 4.45. The van der Waals surface area contributed by atoms with Gasteiger partial charge in [-0.1, -0.05) is 42.3 Å². The van der Waals surface area contributed by atoms with Crippen LogP contribution in [0.4, 0.5) is 0 Å². The summed E-state index contributed by atoms with van der Waals surface area (Å²) < 4.78 is 0. The minimum absolute atomic E-state index is 0.492. The molecule has 88 valence electrons. The van der Waals surface area contributed by atoms with Gasteiger partial charge in [-0.3, -0.25) is 0 Å². The summed E-state index contributed by atoms with van der Waals surface area (Å²) in [5.41, 5.74) is 2.68. The van der Waals surface area contributed by atoms with Crippen LogP contribution in [-0.4, -0.2) is 7.05 Å². The first-order valence-electron chi connectivity index (χ1n) is 6.10. The molecular weight excluding hydrogens is 194 g/mol. The molecule has 16 heavy (non-hydrogen) atoms. The molecule has 1 rings (SSSR count). The molecular formula is C15H23N. The zero-order valence-corrected chi connectivity index (χ0v) is 10.5. The molecule has 0 aliphatic heterocycles. The van der Waals surface area contributed by atoms with Crippen LogP contribution in [0, 0.1) is 0 Å². The molecule has 0 amide bonds. The molecule has 0 bridgehead atoms. The van der Waals surface area contributed by atoms with Gasteiger partial charge >= 0.3 is 0 Å². The van der Waals surface area contributed by atoms with Gasteiger partial charge in [-0.25, -0.2) is 0 Å². The van der Waals surface area contributed by atoms with Gasteiger partial charge in [-0.15, -0.1) is 6.58 Å². The van der Waals surface area contributed by atoms with Crippen molar-refractivity contribution in [2.75, 3.05) is 7.05 Å². The smallest absolute Gasteiger partial charge is 0.0317 e. The Hall–Kier alpha value is -1.08. The number of benzene rings is 1. The molecule has 1 aromatic carbocycles. The highest BCUT2D eigenvalue weighted by molar-refractivity contribution is 5.18. The topological polar surface area (TPSA) is 12.0 Å². The van der Waals surface area contributed by atoms with E-state index in [9.17, 15) is 0 Å². The van der Waals surface area contributed by atoms with Gasteiger partial charge in [0.05, 0.1) is 0 Å². The van der Waals surface area contributed by atoms with Crippen molar-refractivity contribution in [1.29, 1.82) is 0 Å². The van der Waals surface area contributed by atoms with Crippen LogP contribution in [0.15, 0.2) is 42.5 Å². The van der Waals surface area contributed by atoms with Gasteiger partial charge in [0.25, 0.3) is 0 Å².